The van der Waals surface area contributed by atoms with Crippen LogP contribution in [0, 0.1) is 6.92 Å². The van der Waals surface area contributed by atoms with Gasteiger partial charge in [-0.2, -0.15) is 4.98 Å². The maximum absolute atomic E-state index is 5.39. The van der Waals surface area contributed by atoms with Gasteiger partial charge in [0.1, 0.15) is 11.6 Å². The molecule has 1 aliphatic heterocycles. The molecule has 23 heavy (non-hydrogen) atoms. The van der Waals surface area contributed by atoms with Crippen LogP contribution in [0.15, 0.2) is 30.3 Å². The first kappa shape index (κ1) is 15.6. The molecular weight excluding hydrogens is 288 g/mol. The highest BCUT2D eigenvalue weighted by molar-refractivity contribution is 5.64. The highest BCUT2D eigenvalue weighted by atomic mass is 16.5. The summed E-state index contributed by atoms with van der Waals surface area (Å²) in [4.78, 5) is 11.6. The van der Waals surface area contributed by atoms with Crippen molar-refractivity contribution in [3.8, 4) is 5.75 Å². The number of ether oxygens (including phenoxy) is 1. The van der Waals surface area contributed by atoms with Crippen LogP contribution in [-0.4, -0.2) is 30.2 Å². The number of nitrogens with one attached hydrogen (secondary N) is 1. The number of methoxy groups -OCH3 is 1. The molecule has 1 saturated heterocycles. The van der Waals surface area contributed by atoms with Crippen LogP contribution in [0.4, 0.5) is 17.5 Å². The van der Waals surface area contributed by atoms with E-state index in [1.54, 1.807) is 7.11 Å². The smallest absolute Gasteiger partial charge is 0.227 e. The third-order valence-electron chi connectivity index (χ3n) is 4.10. The molecule has 2 aromatic rings. The van der Waals surface area contributed by atoms with Gasteiger partial charge in [-0.05, 0) is 31.9 Å². The fraction of sp³-hybridized carbons (Fsp3) is 0.444. The van der Waals surface area contributed by atoms with Crippen LogP contribution in [0.25, 0.3) is 0 Å². The topological polar surface area (TPSA) is 50.3 Å². The van der Waals surface area contributed by atoms with Gasteiger partial charge in [0.15, 0.2) is 0 Å². The SMILES string of the molecule is COc1ccccc1Nc1cc(C)nc(N2CCCCCC2)n1. The molecule has 1 aliphatic rings. The molecule has 1 aromatic carbocycles. The van der Waals surface area contributed by atoms with Crippen LogP contribution in [0.2, 0.25) is 0 Å². The molecule has 0 bridgehead atoms. The van der Waals surface area contributed by atoms with Gasteiger partial charge in [0.05, 0.1) is 12.8 Å². The summed E-state index contributed by atoms with van der Waals surface area (Å²) in [5, 5.41) is 3.36. The van der Waals surface area contributed by atoms with E-state index < -0.39 is 0 Å². The number of aryl methyl sites for hydroxylation is 1. The fourth-order valence-electron chi connectivity index (χ4n) is 2.91. The van der Waals surface area contributed by atoms with E-state index in [0.717, 1.165) is 42.0 Å². The zero-order valence-electron chi connectivity index (χ0n) is 13.9. The maximum Gasteiger partial charge on any atom is 0.227 e. The van der Waals surface area contributed by atoms with Crippen molar-refractivity contribution in [2.45, 2.75) is 32.6 Å². The lowest BCUT2D eigenvalue weighted by Crippen LogP contribution is -2.26. The molecule has 0 radical (unpaired) electrons. The lowest BCUT2D eigenvalue weighted by atomic mass is 10.2. The Morgan fingerprint density at radius 3 is 2.52 bits per heavy atom. The summed E-state index contributed by atoms with van der Waals surface area (Å²) in [6.45, 7) is 4.09. The largest absolute Gasteiger partial charge is 0.495 e. The number of benzene rings is 1. The van der Waals surface area contributed by atoms with Crippen molar-refractivity contribution in [3.05, 3.63) is 36.0 Å². The fourth-order valence-corrected chi connectivity index (χ4v) is 2.91. The summed E-state index contributed by atoms with van der Waals surface area (Å²) in [7, 11) is 1.68. The Morgan fingerprint density at radius 1 is 1.04 bits per heavy atom. The summed E-state index contributed by atoms with van der Waals surface area (Å²) in [5.41, 5.74) is 1.88. The minimum atomic E-state index is 0.806. The van der Waals surface area contributed by atoms with Gasteiger partial charge in [-0.3, -0.25) is 0 Å². The lowest BCUT2D eigenvalue weighted by molar-refractivity contribution is 0.417. The molecule has 3 rings (SSSR count). The van der Waals surface area contributed by atoms with Gasteiger partial charge in [-0.15, -0.1) is 0 Å². The number of aromatic nitrogens is 2. The van der Waals surface area contributed by atoms with Gasteiger partial charge in [0.25, 0.3) is 0 Å². The van der Waals surface area contributed by atoms with Gasteiger partial charge in [0, 0.05) is 24.8 Å². The predicted octanol–water partition coefficient (Wildman–Crippen LogP) is 3.92. The van der Waals surface area contributed by atoms with E-state index in [4.69, 9.17) is 9.72 Å². The van der Waals surface area contributed by atoms with E-state index in [1.807, 2.05) is 37.3 Å². The minimum Gasteiger partial charge on any atom is -0.495 e. The van der Waals surface area contributed by atoms with Gasteiger partial charge in [0.2, 0.25) is 5.95 Å². The number of hydrogen-bond donors (Lipinski definition) is 1. The average molecular weight is 312 g/mol. The van der Waals surface area contributed by atoms with Crippen molar-refractivity contribution in [1.82, 2.24) is 9.97 Å². The zero-order chi connectivity index (χ0) is 16.1. The Balaban J connectivity index is 1.85. The number of rotatable bonds is 4. The number of hydrogen-bond acceptors (Lipinski definition) is 5. The molecule has 1 fully saturated rings. The molecule has 122 valence electrons. The minimum absolute atomic E-state index is 0.806. The van der Waals surface area contributed by atoms with E-state index >= 15 is 0 Å². The summed E-state index contributed by atoms with van der Waals surface area (Å²) >= 11 is 0. The number of para-hydroxylation sites is 2. The van der Waals surface area contributed by atoms with Gasteiger partial charge in [-0.1, -0.05) is 25.0 Å². The molecule has 1 aromatic heterocycles. The second-order valence-electron chi connectivity index (χ2n) is 5.92. The van der Waals surface area contributed by atoms with E-state index in [9.17, 15) is 0 Å². The number of anilines is 3. The van der Waals surface area contributed by atoms with E-state index in [0.29, 0.717) is 0 Å². The lowest BCUT2D eigenvalue weighted by Gasteiger charge is -2.21. The average Bonchev–Trinajstić information content (AvgIpc) is 2.84. The third kappa shape index (κ3) is 3.92. The highest BCUT2D eigenvalue weighted by Gasteiger charge is 2.14. The Labute approximate surface area is 137 Å². The molecule has 0 amide bonds. The zero-order valence-corrected chi connectivity index (χ0v) is 13.9. The maximum atomic E-state index is 5.39. The first-order chi connectivity index (χ1) is 11.3. The Bertz CT molecular complexity index is 651. The second kappa shape index (κ2) is 7.31. The molecule has 0 saturated carbocycles. The van der Waals surface area contributed by atoms with Crippen LogP contribution >= 0.6 is 0 Å². The molecule has 2 heterocycles. The van der Waals surface area contributed by atoms with Crippen LogP contribution in [0.1, 0.15) is 31.4 Å². The van der Waals surface area contributed by atoms with Crippen LogP contribution in [0.3, 0.4) is 0 Å². The predicted molar refractivity (Wildman–Crippen MR) is 93.7 cm³/mol. The summed E-state index contributed by atoms with van der Waals surface area (Å²) in [6.07, 6.45) is 5.03. The molecule has 0 unspecified atom stereocenters. The molecule has 1 N–H and O–H groups in total. The first-order valence-corrected chi connectivity index (χ1v) is 8.27. The van der Waals surface area contributed by atoms with Crippen molar-refractivity contribution >= 4 is 17.5 Å². The monoisotopic (exact) mass is 312 g/mol. The van der Waals surface area contributed by atoms with Crippen LogP contribution in [0.5, 0.6) is 5.75 Å². The number of nitrogens with zero attached hydrogens (tertiary/aromatic N) is 3. The van der Waals surface area contributed by atoms with Gasteiger partial charge in [-0.25, -0.2) is 4.98 Å². The van der Waals surface area contributed by atoms with Crippen molar-refractivity contribution < 1.29 is 4.74 Å². The van der Waals surface area contributed by atoms with E-state index in [-0.39, 0.29) is 0 Å². The van der Waals surface area contributed by atoms with Crippen LogP contribution in [-0.2, 0) is 0 Å². The summed E-state index contributed by atoms with van der Waals surface area (Å²) in [5.74, 6) is 2.44. The Morgan fingerprint density at radius 2 is 1.78 bits per heavy atom. The molecule has 0 spiro atoms. The van der Waals surface area contributed by atoms with Gasteiger partial charge < -0.3 is 15.0 Å². The standard InChI is InChI=1S/C18H24N4O/c1-14-13-17(20-15-9-5-6-10-16(15)23-2)21-18(19-14)22-11-7-3-4-8-12-22/h5-6,9-10,13H,3-4,7-8,11-12H2,1-2H3,(H,19,20,21). The first-order valence-electron chi connectivity index (χ1n) is 8.27. The second-order valence-corrected chi connectivity index (χ2v) is 5.92. The molecular formula is C18H24N4O. The van der Waals surface area contributed by atoms with E-state index in [2.05, 4.69) is 15.2 Å². The Kier molecular flexibility index (Phi) is 4.95. The van der Waals surface area contributed by atoms with Gasteiger partial charge >= 0.3 is 0 Å². The Hall–Kier alpha value is -2.30. The van der Waals surface area contributed by atoms with Crippen molar-refractivity contribution in [2.75, 3.05) is 30.4 Å². The quantitative estimate of drug-likeness (QED) is 0.927. The molecule has 5 heteroatoms. The highest BCUT2D eigenvalue weighted by Crippen LogP contribution is 2.27. The summed E-state index contributed by atoms with van der Waals surface area (Å²) in [6, 6.07) is 9.83. The van der Waals surface area contributed by atoms with Crippen LogP contribution < -0.4 is 15.0 Å². The third-order valence-corrected chi connectivity index (χ3v) is 4.10. The van der Waals surface area contributed by atoms with Crippen molar-refractivity contribution in [1.29, 1.82) is 0 Å². The molecule has 0 atom stereocenters. The van der Waals surface area contributed by atoms with E-state index in [1.165, 1.54) is 25.7 Å². The summed E-state index contributed by atoms with van der Waals surface area (Å²) < 4.78 is 5.39. The van der Waals surface area contributed by atoms with Crippen molar-refractivity contribution in [3.63, 3.8) is 0 Å². The normalized spacial score (nSPS) is 15.1. The molecule has 5 nitrogen and oxygen atoms in total. The molecule has 0 aliphatic carbocycles. The van der Waals surface area contributed by atoms with Crippen molar-refractivity contribution in [2.24, 2.45) is 0 Å².